The number of benzene rings is 3. The lowest BCUT2D eigenvalue weighted by molar-refractivity contribution is -0.384. The van der Waals surface area contributed by atoms with Gasteiger partial charge in [-0.1, -0.05) is 72.8 Å². The number of nitrogens with zero attached hydrogens (tertiary/aromatic N) is 3. The lowest BCUT2D eigenvalue weighted by atomic mass is 9.68. The number of nitro groups is 1. The van der Waals surface area contributed by atoms with E-state index in [1.807, 2.05) is 6.92 Å². The highest BCUT2D eigenvalue weighted by atomic mass is 16.6. The van der Waals surface area contributed by atoms with Crippen LogP contribution in [0.5, 0.6) is 0 Å². The minimum atomic E-state index is -0.606. The van der Waals surface area contributed by atoms with Gasteiger partial charge in [0.05, 0.1) is 28.8 Å². The summed E-state index contributed by atoms with van der Waals surface area (Å²) in [6.45, 7) is 7.57. The standard InChI is InChI=1S/C39H47N5O5/c1-29-36(30(2)46)37(31-15-17-34(18-16-31)44(47)48)38(35(41-29)27-49-26-9-21-40)43(28-45)23-10-22-42-24-19-39(20-25-42,32-11-5-3-6-12-32)33-13-7-4-8-14-33/h3-8,11-18,28,37,41H,9-10,19-27,40H2,1-2H3. The fourth-order valence-electron chi connectivity index (χ4n) is 7.39. The van der Waals surface area contributed by atoms with Crippen LogP contribution in [0.25, 0.3) is 0 Å². The fraction of sp³-hybridized carbons (Fsp3) is 0.385. The number of ether oxygens (including phenoxy) is 1. The second-order valence-corrected chi connectivity index (χ2v) is 12.9. The van der Waals surface area contributed by atoms with Crippen LogP contribution in [0.4, 0.5) is 5.69 Å². The molecule has 1 saturated heterocycles. The van der Waals surface area contributed by atoms with Gasteiger partial charge in [-0.2, -0.15) is 0 Å². The van der Waals surface area contributed by atoms with Crippen molar-refractivity contribution in [1.29, 1.82) is 0 Å². The number of rotatable bonds is 16. The van der Waals surface area contributed by atoms with E-state index in [0.29, 0.717) is 54.3 Å². The molecule has 10 heteroatoms. The number of piperidine rings is 1. The molecule has 0 radical (unpaired) electrons. The summed E-state index contributed by atoms with van der Waals surface area (Å²) in [6.07, 6.45) is 4.21. The van der Waals surface area contributed by atoms with Crippen LogP contribution in [0.15, 0.2) is 108 Å². The normalized spacial score (nSPS) is 17.8. The molecular formula is C39H47N5O5. The van der Waals surface area contributed by atoms with Crippen LogP contribution in [0, 0.1) is 10.1 Å². The van der Waals surface area contributed by atoms with Gasteiger partial charge in [-0.05, 0) is 82.4 Å². The van der Waals surface area contributed by atoms with Crippen LogP contribution in [-0.4, -0.2) is 72.9 Å². The van der Waals surface area contributed by atoms with Gasteiger partial charge in [0.25, 0.3) is 5.69 Å². The molecule has 3 aromatic carbocycles. The molecule has 49 heavy (non-hydrogen) atoms. The highest BCUT2D eigenvalue weighted by Gasteiger charge is 2.38. The number of dihydropyridines is 1. The van der Waals surface area contributed by atoms with Gasteiger partial charge < -0.3 is 25.6 Å². The van der Waals surface area contributed by atoms with Gasteiger partial charge in [-0.3, -0.25) is 19.7 Å². The van der Waals surface area contributed by atoms with E-state index in [9.17, 15) is 19.7 Å². The molecule has 3 aromatic rings. The molecule has 1 unspecified atom stereocenters. The third kappa shape index (κ3) is 8.16. The Hall–Kier alpha value is -4.64. The smallest absolute Gasteiger partial charge is 0.269 e. The van der Waals surface area contributed by atoms with Crippen LogP contribution < -0.4 is 11.1 Å². The second kappa shape index (κ2) is 16.6. The number of nitrogens with one attached hydrogen (secondary N) is 1. The molecule has 0 bridgehead atoms. The molecule has 0 spiro atoms. The maximum absolute atomic E-state index is 13.1. The van der Waals surface area contributed by atoms with Crippen LogP contribution in [0.2, 0.25) is 0 Å². The molecule has 0 aromatic heterocycles. The largest absolute Gasteiger partial charge is 0.375 e. The SMILES string of the molecule is CC(=O)C1=C(C)NC(COCCCN)=C(N(C=O)CCCN2CCC(c3ccccc3)(c3ccccc3)CC2)C1c1ccc([N+](=O)[O-])cc1. The molecule has 0 aliphatic carbocycles. The Morgan fingerprint density at radius 3 is 2.16 bits per heavy atom. The summed E-state index contributed by atoms with van der Waals surface area (Å²) in [7, 11) is 0. The molecule has 1 amide bonds. The Morgan fingerprint density at radius 2 is 1.63 bits per heavy atom. The van der Waals surface area contributed by atoms with Gasteiger partial charge in [0.1, 0.15) is 0 Å². The van der Waals surface area contributed by atoms with E-state index < -0.39 is 10.8 Å². The van der Waals surface area contributed by atoms with Crippen molar-refractivity contribution in [2.24, 2.45) is 5.73 Å². The predicted molar refractivity (Wildman–Crippen MR) is 191 cm³/mol. The molecule has 0 saturated carbocycles. The van der Waals surface area contributed by atoms with Gasteiger partial charge in [-0.15, -0.1) is 0 Å². The number of hydrogen-bond donors (Lipinski definition) is 2. The number of Topliss-reactive ketones (excluding diaryl/α,β-unsaturated/α-hetero) is 1. The summed E-state index contributed by atoms with van der Waals surface area (Å²) in [5, 5.41) is 14.8. The lowest BCUT2D eigenvalue weighted by Gasteiger charge is -2.43. The number of nitrogens with two attached hydrogens (primary N) is 1. The number of likely N-dealkylation sites (tertiary alicyclic amines) is 1. The zero-order chi connectivity index (χ0) is 34.8. The zero-order valence-electron chi connectivity index (χ0n) is 28.5. The molecule has 5 rings (SSSR count). The van der Waals surface area contributed by atoms with E-state index in [1.165, 1.54) is 30.2 Å². The van der Waals surface area contributed by atoms with Crippen molar-refractivity contribution < 1.29 is 19.2 Å². The van der Waals surface area contributed by atoms with E-state index in [2.05, 4.69) is 70.9 Å². The minimum absolute atomic E-state index is 0.0451. The number of carbonyl (C=O) groups is 2. The average Bonchev–Trinajstić information content (AvgIpc) is 3.13. The van der Waals surface area contributed by atoms with Crippen molar-refractivity contribution >= 4 is 17.9 Å². The van der Waals surface area contributed by atoms with Crippen molar-refractivity contribution in [1.82, 2.24) is 15.1 Å². The van der Waals surface area contributed by atoms with E-state index in [1.54, 1.807) is 17.0 Å². The molecule has 3 N–H and O–H groups in total. The van der Waals surface area contributed by atoms with Gasteiger partial charge >= 0.3 is 0 Å². The third-order valence-corrected chi connectivity index (χ3v) is 9.84. The molecule has 2 heterocycles. The van der Waals surface area contributed by atoms with E-state index >= 15 is 0 Å². The van der Waals surface area contributed by atoms with Crippen molar-refractivity contribution in [3.8, 4) is 0 Å². The summed E-state index contributed by atoms with van der Waals surface area (Å²) in [6, 6.07) is 27.7. The predicted octanol–water partition coefficient (Wildman–Crippen LogP) is 5.65. The van der Waals surface area contributed by atoms with Crippen LogP contribution in [0.1, 0.15) is 62.1 Å². The molecule has 1 fully saturated rings. The summed E-state index contributed by atoms with van der Waals surface area (Å²) in [4.78, 5) is 41.1. The summed E-state index contributed by atoms with van der Waals surface area (Å²) in [5.74, 6) is -0.751. The van der Waals surface area contributed by atoms with Gasteiger partial charge in [0.15, 0.2) is 5.78 Å². The minimum Gasteiger partial charge on any atom is -0.375 e. The van der Waals surface area contributed by atoms with Crippen LogP contribution >= 0.6 is 0 Å². The Labute approximate surface area is 288 Å². The highest BCUT2D eigenvalue weighted by Crippen LogP contribution is 2.42. The molecule has 10 nitrogen and oxygen atoms in total. The lowest BCUT2D eigenvalue weighted by Crippen LogP contribution is -2.44. The van der Waals surface area contributed by atoms with E-state index in [-0.39, 0.29) is 23.5 Å². The van der Waals surface area contributed by atoms with Crippen molar-refractivity contribution in [3.63, 3.8) is 0 Å². The average molecular weight is 666 g/mol. The first-order valence-corrected chi connectivity index (χ1v) is 17.1. The zero-order valence-corrected chi connectivity index (χ0v) is 28.5. The monoisotopic (exact) mass is 665 g/mol. The Morgan fingerprint density at radius 1 is 1.02 bits per heavy atom. The summed E-state index contributed by atoms with van der Waals surface area (Å²) >= 11 is 0. The highest BCUT2D eigenvalue weighted by molar-refractivity contribution is 5.97. The maximum Gasteiger partial charge on any atom is 0.269 e. The van der Waals surface area contributed by atoms with Gasteiger partial charge in [0, 0.05) is 42.0 Å². The Kier molecular flexibility index (Phi) is 12.1. The number of hydrogen-bond acceptors (Lipinski definition) is 8. The first-order chi connectivity index (χ1) is 23.8. The number of allylic oxidation sites excluding steroid dienone is 2. The topological polar surface area (TPSA) is 131 Å². The Bertz CT molecular complexity index is 1610. The molecule has 2 aliphatic heterocycles. The molecule has 1 atom stereocenters. The number of amides is 1. The van der Waals surface area contributed by atoms with Crippen LogP contribution in [0.3, 0.4) is 0 Å². The van der Waals surface area contributed by atoms with E-state index in [0.717, 1.165) is 45.3 Å². The second-order valence-electron chi connectivity index (χ2n) is 12.9. The molecule has 2 aliphatic rings. The third-order valence-electron chi connectivity index (χ3n) is 9.84. The van der Waals surface area contributed by atoms with Crippen molar-refractivity contribution in [3.05, 3.63) is 134 Å². The van der Waals surface area contributed by atoms with Crippen molar-refractivity contribution in [2.75, 3.05) is 45.9 Å². The van der Waals surface area contributed by atoms with Gasteiger partial charge in [-0.25, -0.2) is 0 Å². The first-order valence-electron chi connectivity index (χ1n) is 17.1. The number of non-ortho nitro benzene ring substituents is 1. The number of carbonyl (C=O) groups excluding carboxylic acids is 2. The summed E-state index contributed by atoms with van der Waals surface area (Å²) < 4.78 is 5.96. The van der Waals surface area contributed by atoms with Gasteiger partial charge in [0.2, 0.25) is 6.41 Å². The number of ketones is 1. The maximum atomic E-state index is 13.1. The summed E-state index contributed by atoms with van der Waals surface area (Å²) in [5.41, 5.74) is 11.4. The quantitative estimate of drug-likeness (QED) is 0.0869. The molecule has 258 valence electrons. The van der Waals surface area contributed by atoms with Crippen molar-refractivity contribution in [2.45, 2.75) is 50.9 Å². The van der Waals surface area contributed by atoms with Crippen LogP contribution in [-0.2, 0) is 19.7 Å². The fourth-order valence-corrected chi connectivity index (χ4v) is 7.39. The first kappa shape index (κ1) is 35.7. The van der Waals surface area contributed by atoms with E-state index in [4.69, 9.17) is 10.5 Å². The molecular weight excluding hydrogens is 618 g/mol. The Balaban J connectivity index is 1.36. The number of nitro benzene ring substituents is 1.